The lowest BCUT2D eigenvalue weighted by atomic mass is 9.27. The molecule has 0 radical (unpaired) electrons. The highest BCUT2D eigenvalue weighted by molar-refractivity contribution is 6.01. The Bertz CT molecular complexity index is 3170. The summed E-state index contributed by atoms with van der Waals surface area (Å²) < 4.78 is 15.4. The van der Waals surface area contributed by atoms with Gasteiger partial charge in [0.05, 0.1) is 11.0 Å². The maximum atomic E-state index is 17.2. The standard InChI is InChI=1S/C73H91N3O5/c1-41-32-48-21-22-54-49-33-50-40-75(54)62(48)59-52-23-30-71-65-64(77)58-46(35-55(50)76(39-49)63(58)51-37-69(26-7-8-27-69)70(38-51)29-11-28-68(70)24-5-6-25-68)15-9-14-44-18-17-43(16-10-31-74)57-61(44)73(71,81-66(57)78)56-36-45(42-12-3-2-4-13-42)19-20-47(34-53(41)59)60(52)72(56,71)67(79)80-65/h17-20,41-42,45-47,49-51,53-56,58-59,63,77H,2-8,10-14,16,21-40,74H2,1H3. The van der Waals surface area contributed by atoms with E-state index in [4.69, 9.17) is 15.2 Å². The van der Waals surface area contributed by atoms with Crippen molar-refractivity contribution in [3.8, 4) is 11.8 Å². The van der Waals surface area contributed by atoms with E-state index in [1.165, 1.54) is 147 Å². The molecule has 11 aliphatic carbocycles. The van der Waals surface area contributed by atoms with Crippen LogP contribution in [0, 0.1) is 110 Å². The molecule has 0 aromatic heterocycles. The van der Waals surface area contributed by atoms with Crippen molar-refractivity contribution in [1.29, 1.82) is 0 Å². The molecule has 1 aromatic rings. The third-order valence-corrected chi connectivity index (χ3v) is 30.0. The monoisotopic (exact) mass is 1090 g/mol. The zero-order valence-corrected chi connectivity index (χ0v) is 48.9. The minimum Gasteiger partial charge on any atom is -0.508 e. The summed E-state index contributed by atoms with van der Waals surface area (Å²) in [6, 6.07) is 5.54. The number of aliphatic hydroxyl groups is 1. The summed E-state index contributed by atoms with van der Waals surface area (Å²) in [5.41, 5.74) is 14.3. The molecule has 18 unspecified atom stereocenters. The molecule has 0 amide bonds. The number of fused-ring (bicyclic) bond motifs is 13. The van der Waals surface area contributed by atoms with E-state index in [9.17, 15) is 5.11 Å². The van der Waals surface area contributed by atoms with Crippen molar-refractivity contribution in [1.82, 2.24) is 9.80 Å². The second kappa shape index (κ2) is 16.8. The normalized spacial score (nSPS) is 47.4. The Kier molecular flexibility index (Phi) is 10.3. The number of ether oxygens (including phenoxy) is 2. The molecular weight excluding hydrogens is 999 g/mol. The number of benzene rings is 1. The number of hydrogen-bond acceptors (Lipinski definition) is 8. The minimum absolute atomic E-state index is 0.0859. The number of carbonyl (C=O) groups is 2. The molecular formula is C73H91N3O5. The molecule has 6 aliphatic heterocycles. The van der Waals surface area contributed by atoms with Gasteiger partial charge in [-0.1, -0.05) is 106 Å². The van der Waals surface area contributed by atoms with Gasteiger partial charge >= 0.3 is 11.9 Å². The molecule has 8 nitrogen and oxygen atoms in total. The molecule has 6 spiro atoms. The van der Waals surface area contributed by atoms with Crippen molar-refractivity contribution < 1.29 is 24.2 Å². The van der Waals surface area contributed by atoms with Gasteiger partial charge in [0.15, 0.2) is 11.4 Å². The Morgan fingerprint density at radius 3 is 2.46 bits per heavy atom. The van der Waals surface area contributed by atoms with Gasteiger partial charge in [0, 0.05) is 72.6 Å². The fraction of sp³-hybridized carbons (Fsp3) is 0.753. The summed E-state index contributed by atoms with van der Waals surface area (Å²) in [6.45, 7) is 5.38. The van der Waals surface area contributed by atoms with Crippen LogP contribution in [0.3, 0.4) is 0 Å². The molecule has 6 heterocycles. The van der Waals surface area contributed by atoms with Gasteiger partial charge in [0.1, 0.15) is 11.2 Å². The third kappa shape index (κ3) is 5.66. The number of nitrogens with two attached hydrogens (primary N) is 1. The molecule has 6 saturated carbocycles. The van der Waals surface area contributed by atoms with Crippen LogP contribution in [-0.4, -0.2) is 64.6 Å². The van der Waals surface area contributed by atoms with E-state index in [2.05, 4.69) is 52.8 Å². The fourth-order valence-electron chi connectivity index (χ4n) is 27.9. The Morgan fingerprint density at radius 1 is 0.802 bits per heavy atom. The molecule has 3 N–H and O–H groups in total. The number of aliphatic hydroxyl groups excluding tert-OH is 1. The highest BCUT2D eigenvalue weighted by atomic mass is 16.6. The van der Waals surface area contributed by atoms with Crippen LogP contribution >= 0.6 is 0 Å². The largest absolute Gasteiger partial charge is 0.508 e. The van der Waals surface area contributed by atoms with E-state index < -0.39 is 16.4 Å². The van der Waals surface area contributed by atoms with Crippen LogP contribution in [0.4, 0.5) is 0 Å². The van der Waals surface area contributed by atoms with Crippen LogP contribution in [0.2, 0.25) is 0 Å². The lowest BCUT2D eigenvalue weighted by Gasteiger charge is -2.73. The number of nitrogens with zero attached hydrogens (tertiary/aromatic N) is 2. The lowest BCUT2D eigenvalue weighted by Crippen LogP contribution is -2.78. The van der Waals surface area contributed by atoms with Crippen LogP contribution in [0.25, 0.3) is 0 Å². The summed E-state index contributed by atoms with van der Waals surface area (Å²) in [5.74, 6) is 11.7. The van der Waals surface area contributed by atoms with Gasteiger partial charge in [0.2, 0.25) is 0 Å². The molecule has 1 aromatic carbocycles. The van der Waals surface area contributed by atoms with Gasteiger partial charge in [-0.2, -0.15) is 0 Å². The predicted molar refractivity (Wildman–Crippen MR) is 310 cm³/mol. The summed E-state index contributed by atoms with van der Waals surface area (Å²) >= 11 is 0. The number of allylic oxidation sites excluding steroid dienone is 4. The van der Waals surface area contributed by atoms with E-state index >= 15 is 9.59 Å². The number of hydrogen-bond donors (Lipinski definition) is 2. The quantitative estimate of drug-likeness (QED) is 0.171. The van der Waals surface area contributed by atoms with Crippen LogP contribution in [0.5, 0.6) is 0 Å². The van der Waals surface area contributed by atoms with Crippen molar-refractivity contribution in [3.05, 3.63) is 80.5 Å². The fourth-order valence-corrected chi connectivity index (χ4v) is 27.9. The van der Waals surface area contributed by atoms with Crippen LogP contribution < -0.4 is 5.73 Å². The topological polar surface area (TPSA) is 105 Å². The van der Waals surface area contributed by atoms with Gasteiger partial charge in [-0.3, -0.25) is 9.69 Å². The average Bonchev–Trinajstić information content (AvgIpc) is 1.87. The van der Waals surface area contributed by atoms with Gasteiger partial charge in [0.25, 0.3) is 0 Å². The molecule has 18 atom stereocenters. The van der Waals surface area contributed by atoms with Crippen molar-refractivity contribution >= 4 is 11.9 Å². The van der Waals surface area contributed by atoms with Crippen LogP contribution in [-0.2, 0) is 32.7 Å². The van der Waals surface area contributed by atoms with Gasteiger partial charge < -0.3 is 25.2 Å². The minimum atomic E-state index is -1.20. The Hall–Kier alpha value is -3.80. The first kappa shape index (κ1) is 49.5. The van der Waals surface area contributed by atoms with E-state index in [1.54, 1.807) is 16.8 Å². The summed E-state index contributed by atoms with van der Waals surface area (Å²) in [7, 11) is 0. The SMILES string of the molecule is CC1CC2=C3C4C5=C6C(C=CC(C7CCCCC7)CC7C68C(=O)OC6=C(O)C9C(C#CCc%10ccc(CCCN)c%11c%10C7(OC%11=O)C68CC5)CC5C6CC(CN5C9C5CC7(CCCC7)C7(CCCC78CCCC8)C5)C(CC2)N3C6)CC14. The number of carbonyl (C=O) groups excluding carboxylic acids is 2. The van der Waals surface area contributed by atoms with Crippen molar-refractivity contribution in [2.45, 2.75) is 223 Å². The Balaban J connectivity index is 0.918. The summed E-state index contributed by atoms with van der Waals surface area (Å²) in [4.78, 5) is 39.3. The highest BCUT2D eigenvalue weighted by Gasteiger charge is 2.94. The van der Waals surface area contributed by atoms with E-state index in [0.29, 0.717) is 107 Å². The Morgan fingerprint density at radius 2 is 1.62 bits per heavy atom. The molecule has 2 bridgehead atoms. The van der Waals surface area contributed by atoms with Gasteiger partial charge in [-0.05, 0) is 222 Å². The number of piperidine rings is 3. The summed E-state index contributed by atoms with van der Waals surface area (Å²) in [6.07, 6.45) is 40.6. The maximum absolute atomic E-state index is 17.2. The van der Waals surface area contributed by atoms with E-state index in [0.717, 1.165) is 61.9 Å². The second-order valence-electron chi connectivity index (χ2n) is 32.0. The zero-order valence-electron chi connectivity index (χ0n) is 48.9. The first-order valence-electron chi connectivity index (χ1n) is 34.5. The molecule has 10 fully saturated rings. The van der Waals surface area contributed by atoms with Crippen molar-refractivity contribution in [3.63, 3.8) is 0 Å². The second-order valence-corrected chi connectivity index (χ2v) is 32.0. The first-order chi connectivity index (χ1) is 39.6. The van der Waals surface area contributed by atoms with Gasteiger partial charge in [-0.25, -0.2) is 4.79 Å². The summed E-state index contributed by atoms with van der Waals surface area (Å²) in [5, 5.41) is 14.9. The van der Waals surface area contributed by atoms with Crippen LogP contribution in [0.15, 0.2) is 58.2 Å². The van der Waals surface area contributed by atoms with E-state index in [1.807, 2.05) is 0 Å². The van der Waals surface area contributed by atoms with Crippen molar-refractivity contribution in [2.75, 3.05) is 19.6 Å². The molecule has 81 heavy (non-hydrogen) atoms. The average molecular weight is 1090 g/mol. The molecule has 428 valence electrons. The lowest BCUT2D eigenvalue weighted by molar-refractivity contribution is -0.283. The molecule has 17 aliphatic rings. The molecule has 4 saturated heterocycles. The zero-order chi connectivity index (χ0) is 53.7. The molecule has 18 rings (SSSR count). The Labute approximate surface area is 482 Å². The third-order valence-electron chi connectivity index (χ3n) is 30.0. The smallest absolute Gasteiger partial charge is 0.339 e. The predicted octanol–water partition coefficient (Wildman–Crippen LogP) is 13.7. The number of aryl methyl sites for hydroxylation is 1. The number of rotatable bonds is 5. The van der Waals surface area contributed by atoms with Crippen LogP contribution in [0.1, 0.15) is 214 Å². The molecule has 8 heteroatoms. The highest BCUT2D eigenvalue weighted by Crippen LogP contribution is 2.89. The van der Waals surface area contributed by atoms with E-state index in [-0.39, 0.29) is 53.5 Å². The maximum Gasteiger partial charge on any atom is 0.339 e. The first-order valence-corrected chi connectivity index (χ1v) is 34.5. The van der Waals surface area contributed by atoms with Crippen molar-refractivity contribution in [2.24, 2.45) is 104 Å². The number of esters is 2. The van der Waals surface area contributed by atoms with Gasteiger partial charge in [-0.15, -0.1) is 0 Å².